The Morgan fingerprint density at radius 2 is 1.93 bits per heavy atom. The SMILES string of the molecule is COCCOc1ccccc1C(=O)NCc1ccc(N2CCNC(=O)C2)cc1. The smallest absolute Gasteiger partial charge is 0.255 e. The van der Waals surface area contributed by atoms with Crippen molar-refractivity contribution in [1.29, 1.82) is 0 Å². The number of carbonyl (C=O) groups excluding carboxylic acids is 2. The van der Waals surface area contributed by atoms with Crippen LogP contribution in [-0.4, -0.2) is 51.8 Å². The molecule has 3 rings (SSSR count). The highest BCUT2D eigenvalue weighted by molar-refractivity contribution is 5.96. The molecule has 0 spiro atoms. The van der Waals surface area contributed by atoms with Gasteiger partial charge >= 0.3 is 0 Å². The van der Waals surface area contributed by atoms with Crippen molar-refractivity contribution >= 4 is 17.5 Å². The minimum Gasteiger partial charge on any atom is -0.490 e. The largest absolute Gasteiger partial charge is 0.490 e. The van der Waals surface area contributed by atoms with Crippen LogP contribution in [0.4, 0.5) is 5.69 Å². The summed E-state index contributed by atoms with van der Waals surface area (Å²) in [7, 11) is 1.60. The first-order valence-corrected chi connectivity index (χ1v) is 9.27. The molecule has 2 N–H and O–H groups in total. The number of anilines is 1. The summed E-state index contributed by atoms with van der Waals surface area (Å²) in [6.07, 6.45) is 0. The summed E-state index contributed by atoms with van der Waals surface area (Å²) in [4.78, 5) is 26.1. The molecule has 0 bridgehead atoms. The van der Waals surface area contributed by atoms with Gasteiger partial charge in [0, 0.05) is 32.4 Å². The zero-order valence-electron chi connectivity index (χ0n) is 15.9. The van der Waals surface area contributed by atoms with Gasteiger partial charge in [0.1, 0.15) is 12.4 Å². The monoisotopic (exact) mass is 383 g/mol. The molecule has 1 aliphatic heterocycles. The van der Waals surface area contributed by atoms with Gasteiger partial charge in [0.25, 0.3) is 5.91 Å². The van der Waals surface area contributed by atoms with Gasteiger partial charge in [0.2, 0.25) is 5.91 Å². The number of benzene rings is 2. The predicted molar refractivity (Wildman–Crippen MR) is 107 cm³/mol. The first kappa shape index (κ1) is 19.7. The van der Waals surface area contributed by atoms with Crippen LogP contribution in [0.5, 0.6) is 5.75 Å². The lowest BCUT2D eigenvalue weighted by atomic mass is 10.1. The average molecular weight is 383 g/mol. The molecule has 0 saturated carbocycles. The third kappa shape index (κ3) is 5.23. The number of ether oxygens (including phenoxy) is 2. The highest BCUT2D eigenvalue weighted by Crippen LogP contribution is 2.19. The molecule has 1 saturated heterocycles. The fraction of sp³-hybridized carbons (Fsp3) is 0.333. The number of methoxy groups -OCH3 is 1. The first-order chi connectivity index (χ1) is 13.7. The fourth-order valence-electron chi connectivity index (χ4n) is 2.98. The Labute approximate surface area is 164 Å². The molecule has 28 heavy (non-hydrogen) atoms. The molecule has 1 heterocycles. The highest BCUT2D eigenvalue weighted by Gasteiger charge is 2.16. The van der Waals surface area contributed by atoms with Crippen LogP contribution >= 0.6 is 0 Å². The van der Waals surface area contributed by atoms with E-state index in [4.69, 9.17) is 9.47 Å². The van der Waals surface area contributed by atoms with Gasteiger partial charge in [-0.15, -0.1) is 0 Å². The lowest BCUT2D eigenvalue weighted by molar-refractivity contribution is -0.120. The molecule has 0 atom stereocenters. The van der Waals surface area contributed by atoms with E-state index in [1.807, 2.05) is 41.3 Å². The summed E-state index contributed by atoms with van der Waals surface area (Å²) in [5.41, 5.74) is 2.48. The number of rotatable bonds is 8. The summed E-state index contributed by atoms with van der Waals surface area (Å²) < 4.78 is 10.6. The van der Waals surface area contributed by atoms with Crippen LogP contribution in [0.1, 0.15) is 15.9 Å². The van der Waals surface area contributed by atoms with E-state index in [-0.39, 0.29) is 11.8 Å². The molecule has 7 heteroatoms. The van der Waals surface area contributed by atoms with Gasteiger partial charge in [-0.05, 0) is 29.8 Å². The maximum absolute atomic E-state index is 12.5. The van der Waals surface area contributed by atoms with Crippen molar-refractivity contribution in [2.75, 3.05) is 44.9 Å². The molecule has 1 fully saturated rings. The normalized spacial score (nSPS) is 13.8. The van der Waals surface area contributed by atoms with Crippen LogP contribution in [-0.2, 0) is 16.1 Å². The quantitative estimate of drug-likeness (QED) is 0.677. The lowest BCUT2D eigenvalue weighted by Crippen LogP contribution is -2.47. The van der Waals surface area contributed by atoms with Crippen LogP contribution in [0.25, 0.3) is 0 Å². The Morgan fingerprint density at radius 1 is 1.14 bits per heavy atom. The first-order valence-electron chi connectivity index (χ1n) is 9.27. The van der Waals surface area contributed by atoms with Crippen molar-refractivity contribution in [3.8, 4) is 5.75 Å². The van der Waals surface area contributed by atoms with Crippen molar-refractivity contribution in [1.82, 2.24) is 10.6 Å². The Hall–Kier alpha value is -3.06. The van der Waals surface area contributed by atoms with Crippen LogP contribution in [0, 0.1) is 0 Å². The molecule has 2 amide bonds. The third-order valence-corrected chi connectivity index (χ3v) is 4.47. The molecule has 2 aromatic rings. The van der Waals surface area contributed by atoms with Gasteiger partial charge in [-0.25, -0.2) is 0 Å². The van der Waals surface area contributed by atoms with E-state index in [1.165, 1.54) is 0 Å². The van der Waals surface area contributed by atoms with Gasteiger partial charge in [-0.3, -0.25) is 9.59 Å². The van der Waals surface area contributed by atoms with Crippen LogP contribution in [0.2, 0.25) is 0 Å². The Morgan fingerprint density at radius 3 is 2.68 bits per heavy atom. The summed E-state index contributed by atoms with van der Waals surface area (Å²) in [5, 5.41) is 5.74. The van der Waals surface area contributed by atoms with Crippen molar-refractivity contribution in [3.63, 3.8) is 0 Å². The Balaban J connectivity index is 1.57. The number of hydrogen-bond acceptors (Lipinski definition) is 5. The minimum absolute atomic E-state index is 0.0361. The second-order valence-electron chi connectivity index (χ2n) is 6.46. The van der Waals surface area contributed by atoms with E-state index in [1.54, 1.807) is 19.2 Å². The van der Waals surface area contributed by atoms with Crippen molar-refractivity contribution in [2.45, 2.75) is 6.54 Å². The van der Waals surface area contributed by atoms with E-state index in [0.29, 0.717) is 44.2 Å². The molecular formula is C21H25N3O4. The molecule has 0 aliphatic carbocycles. The molecule has 0 radical (unpaired) electrons. The Bertz CT molecular complexity index is 808. The summed E-state index contributed by atoms with van der Waals surface area (Å²) in [6.45, 7) is 3.07. The topological polar surface area (TPSA) is 79.9 Å². The second kappa shape index (κ2) is 9.75. The van der Waals surface area contributed by atoms with E-state index in [2.05, 4.69) is 10.6 Å². The number of carbonyl (C=O) groups is 2. The zero-order valence-corrected chi connectivity index (χ0v) is 15.9. The molecular weight excluding hydrogens is 358 g/mol. The van der Waals surface area contributed by atoms with Gasteiger partial charge < -0.3 is 25.0 Å². The van der Waals surface area contributed by atoms with Gasteiger partial charge in [-0.1, -0.05) is 24.3 Å². The summed E-state index contributed by atoms with van der Waals surface area (Å²) in [6, 6.07) is 15.0. The molecule has 7 nitrogen and oxygen atoms in total. The van der Waals surface area contributed by atoms with Crippen LogP contribution < -0.4 is 20.3 Å². The summed E-state index contributed by atoms with van der Waals surface area (Å²) in [5.74, 6) is 0.384. The van der Waals surface area contributed by atoms with Crippen LogP contribution in [0.15, 0.2) is 48.5 Å². The van der Waals surface area contributed by atoms with E-state index < -0.39 is 0 Å². The van der Waals surface area contributed by atoms with Gasteiger partial charge in [0.05, 0.1) is 18.7 Å². The average Bonchev–Trinajstić information content (AvgIpc) is 2.73. The molecule has 2 aromatic carbocycles. The van der Waals surface area contributed by atoms with E-state index in [9.17, 15) is 9.59 Å². The van der Waals surface area contributed by atoms with Crippen molar-refractivity contribution in [2.24, 2.45) is 0 Å². The number of nitrogens with one attached hydrogen (secondary N) is 2. The fourth-order valence-corrected chi connectivity index (χ4v) is 2.98. The number of piperazine rings is 1. The molecule has 1 aliphatic rings. The number of amides is 2. The minimum atomic E-state index is -0.190. The molecule has 0 aromatic heterocycles. The number of hydrogen-bond donors (Lipinski definition) is 2. The lowest BCUT2D eigenvalue weighted by Gasteiger charge is -2.28. The summed E-state index contributed by atoms with van der Waals surface area (Å²) >= 11 is 0. The maximum atomic E-state index is 12.5. The van der Waals surface area contributed by atoms with E-state index in [0.717, 1.165) is 17.8 Å². The zero-order chi connectivity index (χ0) is 19.8. The molecule has 0 unspecified atom stereocenters. The molecule has 148 valence electrons. The maximum Gasteiger partial charge on any atom is 0.255 e. The number of para-hydroxylation sites is 1. The standard InChI is InChI=1S/C21H25N3O4/c1-27-12-13-28-19-5-3-2-4-18(19)21(26)23-14-16-6-8-17(9-7-16)24-11-10-22-20(25)15-24/h2-9H,10-15H2,1H3,(H,22,25)(H,23,26). The second-order valence-corrected chi connectivity index (χ2v) is 6.46. The van der Waals surface area contributed by atoms with Gasteiger partial charge in [0.15, 0.2) is 0 Å². The number of nitrogens with zero attached hydrogens (tertiary/aromatic N) is 1. The Kier molecular flexibility index (Phi) is 6.86. The predicted octanol–water partition coefficient (Wildman–Crippen LogP) is 1.58. The van der Waals surface area contributed by atoms with Crippen molar-refractivity contribution < 1.29 is 19.1 Å². The van der Waals surface area contributed by atoms with Crippen molar-refractivity contribution in [3.05, 3.63) is 59.7 Å². The highest BCUT2D eigenvalue weighted by atomic mass is 16.5. The van der Waals surface area contributed by atoms with Crippen LogP contribution in [0.3, 0.4) is 0 Å². The van der Waals surface area contributed by atoms with Gasteiger partial charge in [-0.2, -0.15) is 0 Å². The third-order valence-electron chi connectivity index (χ3n) is 4.47. The van der Waals surface area contributed by atoms with E-state index >= 15 is 0 Å².